The van der Waals surface area contributed by atoms with Gasteiger partial charge < -0.3 is 29.0 Å². The average molecular weight is 470 g/mol. The van der Waals surface area contributed by atoms with Crippen LogP contribution in [0.5, 0.6) is 23.0 Å². The van der Waals surface area contributed by atoms with Crippen molar-refractivity contribution in [2.75, 3.05) is 39.5 Å². The molecule has 0 aliphatic carbocycles. The van der Waals surface area contributed by atoms with Crippen molar-refractivity contribution < 1.29 is 23.7 Å². The highest BCUT2D eigenvalue weighted by molar-refractivity contribution is 6.34. The summed E-state index contributed by atoms with van der Waals surface area (Å²) in [6.07, 6.45) is 1.47. The summed E-state index contributed by atoms with van der Waals surface area (Å²) >= 11 is 6.60. The summed E-state index contributed by atoms with van der Waals surface area (Å²) in [7, 11) is 3.18. The maximum atomic E-state index is 6.60. The maximum Gasteiger partial charge on any atom is 0.231 e. The van der Waals surface area contributed by atoms with E-state index in [2.05, 4.69) is 41.0 Å². The molecule has 0 spiro atoms. The molecule has 172 valence electrons. The minimum Gasteiger partial charge on any atom is -0.493 e. The second kappa shape index (κ2) is 10.0. The molecule has 1 aromatic heterocycles. The Kier molecular flexibility index (Phi) is 6.92. The highest BCUT2D eigenvalue weighted by Gasteiger charge is 2.25. The van der Waals surface area contributed by atoms with Gasteiger partial charge in [-0.15, -0.1) is 0 Å². The molecule has 0 fully saturated rings. The van der Waals surface area contributed by atoms with Gasteiger partial charge in [-0.25, -0.2) is 9.97 Å². The summed E-state index contributed by atoms with van der Waals surface area (Å²) in [6, 6.07) is 5.40. The fraction of sp³-hybridized carbons (Fsp3) is 0.333. The van der Waals surface area contributed by atoms with Crippen LogP contribution < -0.4 is 24.3 Å². The molecule has 1 aliphatic rings. The van der Waals surface area contributed by atoms with Gasteiger partial charge in [-0.05, 0) is 18.1 Å². The first-order valence-electron chi connectivity index (χ1n) is 10.3. The molecule has 1 N–H and O–H groups in total. The maximum absolute atomic E-state index is 6.60. The van der Waals surface area contributed by atoms with E-state index < -0.39 is 0 Å². The van der Waals surface area contributed by atoms with Crippen LogP contribution in [0.4, 0.5) is 11.5 Å². The summed E-state index contributed by atoms with van der Waals surface area (Å²) in [6.45, 7) is 5.10. The van der Waals surface area contributed by atoms with Crippen molar-refractivity contribution in [3.63, 3.8) is 0 Å². The lowest BCUT2D eigenvalue weighted by molar-refractivity contribution is 0.174. The molecule has 0 atom stereocenters. The van der Waals surface area contributed by atoms with Gasteiger partial charge in [-0.3, -0.25) is 0 Å². The quantitative estimate of drug-likeness (QED) is 0.494. The topological polar surface area (TPSA) is 84.0 Å². The fourth-order valence-electron chi connectivity index (χ4n) is 3.26. The fourth-order valence-corrected chi connectivity index (χ4v) is 3.50. The van der Waals surface area contributed by atoms with E-state index in [1.54, 1.807) is 20.3 Å². The second-order valence-electron chi connectivity index (χ2n) is 7.65. The standard InChI is InChI=1S/C24H24ClN3O5/c1-14(2)11-31-20-10-18-16(9-19(20)30-4)24(27-12-26-18)28-21-17(25)8-15(6-5-7-29-3)22-23(21)33-13-32-22/h8-10,12,14H,7,11,13H2,1-4H3,(H,26,27,28). The van der Waals surface area contributed by atoms with Crippen molar-refractivity contribution >= 4 is 34.0 Å². The highest BCUT2D eigenvalue weighted by Crippen LogP contribution is 2.47. The van der Waals surface area contributed by atoms with Crippen LogP contribution in [0.2, 0.25) is 5.02 Å². The van der Waals surface area contributed by atoms with E-state index in [4.69, 9.17) is 35.3 Å². The SMILES string of the molecule is COCC#Cc1cc(Cl)c(Nc2ncnc3cc(OCC(C)C)c(OC)cc23)c2c1OCO2. The summed E-state index contributed by atoms with van der Waals surface area (Å²) in [5.74, 6) is 9.01. The van der Waals surface area contributed by atoms with E-state index in [1.165, 1.54) is 6.33 Å². The molecule has 0 amide bonds. The van der Waals surface area contributed by atoms with E-state index >= 15 is 0 Å². The number of nitrogens with zero attached hydrogens (tertiary/aromatic N) is 2. The van der Waals surface area contributed by atoms with Crippen molar-refractivity contribution in [3.05, 3.63) is 35.1 Å². The monoisotopic (exact) mass is 469 g/mol. The van der Waals surface area contributed by atoms with Crippen LogP contribution in [0.3, 0.4) is 0 Å². The first-order valence-corrected chi connectivity index (χ1v) is 10.7. The average Bonchev–Trinajstić information content (AvgIpc) is 3.29. The molecule has 1 aliphatic heterocycles. The summed E-state index contributed by atoms with van der Waals surface area (Å²) in [5, 5.41) is 4.42. The number of fused-ring (bicyclic) bond motifs is 2. The van der Waals surface area contributed by atoms with Crippen molar-refractivity contribution in [3.8, 4) is 34.8 Å². The van der Waals surface area contributed by atoms with E-state index in [0.717, 1.165) is 5.39 Å². The third kappa shape index (κ3) is 4.85. The van der Waals surface area contributed by atoms with Gasteiger partial charge >= 0.3 is 0 Å². The number of ether oxygens (including phenoxy) is 5. The van der Waals surface area contributed by atoms with Crippen molar-refractivity contribution in [2.24, 2.45) is 5.92 Å². The van der Waals surface area contributed by atoms with Crippen LogP contribution in [0.25, 0.3) is 10.9 Å². The molecule has 8 nitrogen and oxygen atoms in total. The Labute approximate surface area is 197 Å². The van der Waals surface area contributed by atoms with Crippen LogP contribution in [0.15, 0.2) is 24.5 Å². The number of nitrogens with one attached hydrogen (secondary N) is 1. The summed E-state index contributed by atoms with van der Waals surface area (Å²) in [5.41, 5.74) is 1.84. The number of methoxy groups -OCH3 is 2. The van der Waals surface area contributed by atoms with Crippen molar-refractivity contribution in [2.45, 2.75) is 13.8 Å². The molecule has 33 heavy (non-hydrogen) atoms. The Balaban J connectivity index is 1.74. The lowest BCUT2D eigenvalue weighted by Gasteiger charge is -2.16. The predicted molar refractivity (Wildman–Crippen MR) is 126 cm³/mol. The number of benzene rings is 2. The number of aromatic nitrogens is 2. The van der Waals surface area contributed by atoms with Crippen molar-refractivity contribution in [1.82, 2.24) is 9.97 Å². The zero-order chi connectivity index (χ0) is 23.4. The molecule has 0 bridgehead atoms. The van der Waals surface area contributed by atoms with E-state index in [1.807, 2.05) is 12.1 Å². The molecule has 2 heterocycles. The van der Waals surface area contributed by atoms with Gasteiger partial charge in [0, 0.05) is 18.6 Å². The number of hydrogen-bond acceptors (Lipinski definition) is 8. The largest absolute Gasteiger partial charge is 0.493 e. The zero-order valence-corrected chi connectivity index (χ0v) is 19.6. The van der Waals surface area contributed by atoms with Gasteiger partial charge in [0.25, 0.3) is 0 Å². The minimum atomic E-state index is 0.0677. The molecule has 9 heteroatoms. The van der Waals surface area contributed by atoms with Crippen LogP contribution in [0, 0.1) is 17.8 Å². The van der Waals surface area contributed by atoms with Gasteiger partial charge in [-0.2, -0.15) is 0 Å². The van der Waals surface area contributed by atoms with E-state index in [9.17, 15) is 0 Å². The highest BCUT2D eigenvalue weighted by atomic mass is 35.5. The molecular weight excluding hydrogens is 446 g/mol. The van der Waals surface area contributed by atoms with E-state index in [0.29, 0.717) is 69.7 Å². The minimum absolute atomic E-state index is 0.0677. The number of anilines is 2. The van der Waals surface area contributed by atoms with Gasteiger partial charge in [-0.1, -0.05) is 37.3 Å². The second-order valence-corrected chi connectivity index (χ2v) is 8.06. The predicted octanol–water partition coefficient (Wildman–Crippen LogP) is 4.80. The van der Waals surface area contributed by atoms with Gasteiger partial charge in [0.2, 0.25) is 6.79 Å². The normalized spacial score (nSPS) is 11.9. The lowest BCUT2D eigenvalue weighted by Crippen LogP contribution is -2.06. The van der Waals surface area contributed by atoms with Crippen LogP contribution >= 0.6 is 11.6 Å². The molecule has 2 aromatic carbocycles. The molecule has 0 unspecified atom stereocenters. The Hall–Kier alpha value is -3.41. The van der Waals surface area contributed by atoms with Crippen molar-refractivity contribution in [1.29, 1.82) is 0 Å². The van der Waals surface area contributed by atoms with E-state index in [-0.39, 0.29) is 6.79 Å². The van der Waals surface area contributed by atoms with Crippen LogP contribution in [0.1, 0.15) is 19.4 Å². The molecule has 0 radical (unpaired) electrons. The first-order chi connectivity index (χ1) is 16.0. The van der Waals surface area contributed by atoms with Crippen LogP contribution in [-0.4, -0.2) is 44.2 Å². The summed E-state index contributed by atoms with van der Waals surface area (Å²) in [4.78, 5) is 8.80. The third-order valence-corrected chi connectivity index (χ3v) is 5.07. The Morgan fingerprint density at radius 3 is 2.70 bits per heavy atom. The van der Waals surface area contributed by atoms with Crippen LogP contribution in [-0.2, 0) is 4.74 Å². The summed E-state index contributed by atoms with van der Waals surface area (Å²) < 4.78 is 27.8. The molecule has 4 rings (SSSR count). The van der Waals surface area contributed by atoms with Gasteiger partial charge in [0.15, 0.2) is 23.0 Å². The number of halogens is 1. The molecule has 0 saturated heterocycles. The number of hydrogen-bond donors (Lipinski definition) is 1. The zero-order valence-electron chi connectivity index (χ0n) is 18.8. The molecular formula is C24H24ClN3O5. The molecule has 0 saturated carbocycles. The Bertz CT molecular complexity index is 1240. The third-order valence-electron chi connectivity index (χ3n) is 4.77. The smallest absolute Gasteiger partial charge is 0.231 e. The van der Waals surface area contributed by atoms with Gasteiger partial charge in [0.05, 0.1) is 29.8 Å². The number of rotatable bonds is 7. The molecule has 3 aromatic rings. The first kappa shape index (κ1) is 22.8. The van der Waals surface area contributed by atoms with Gasteiger partial charge in [0.1, 0.15) is 24.4 Å². The Morgan fingerprint density at radius 2 is 1.94 bits per heavy atom. The Morgan fingerprint density at radius 1 is 1.12 bits per heavy atom. The lowest BCUT2D eigenvalue weighted by atomic mass is 10.1.